The molecule has 2 aromatic rings. The minimum Gasteiger partial charge on any atom is -0.388 e. The second kappa shape index (κ2) is 7.86. The molecule has 0 aromatic heterocycles. The van der Waals surface area contributed by atoms with Gasteiger partial charge in [0.1, 0.15) is 0 Å². The van der Waals surface area contributed by atoms with Crippen molar-refractivity contribution in [2.24, 2.45) is 0 Å². The van der Waals surface area contributed by atoms with Gasteiger partial charge in [0.05, 0.1) is 21.8 Å². The molecule has 0 heterocycles. The van der Waals surface area contributed by atoms with Crippen molar-refractivity contribution in [3.05, 3.63) is 71.8 Å². The first kappa shape index (κ1) is 17.9. The quantitative estimate of drug-likeness (QED) is 0.843. The van der Waals surface area contributed by atoms with E-state index in [-0.39, 0.29) is 10.8 Å². The van der Waals surface area contributed by atoms with Crippen LogP contribution in [-0.4, -0.2) is 14.1 Å². The van der Waals surface area contributed by atoms with Gasteiger partial charge in [0.15, 0.2) is 0 Å². The predicted octanol–water partition coefficient (Wildman–Crippen LogP) is 3.90. The summed E-state index contributed by atoms with van der Waals surface area (Å²) in [6.45, 7) is 5.81. The highest BCUT2D eigenvalue weighted by atomic mass is 32.2. The van der Waals surface area contributed by atoms with Gasteiger partial charge < -0.3 is 5.11 Å². The molecule has 4 heteroatoms. The van der Waals surface area contributed by atoms with Gasteiger partial charge in [0.2, 0.25) is 0 Å². The summed E-state index contributed by atoms with van der Waals surface area (Å²) in [5.41, 5.74) is 1.90. The van der Waals surface area contributed by atoms with E-state index >= 15 is 0 Å². The first-order chi connectivity index (χ1) is 10.9. The Bertz CT molecular complexity index is 623. The van der Waals surface area contributed by atoms with E-state index in [0.717, 1.165) is 11.1 Å². The number of rotatable bonds is 6. The molecule has 0 amide bonds. The maximum absolute atomic E-state index is 12.5. The molecule has 0 radical (unpaired) electrons. The van der Waals surface area contributed by atoms with Crippen LogP contribution in [0.25, 0.3) is 0 Å². The lowest BCUT2D eigenvalue weighted by molar-refractivity contribution is 0.155. The van der Waals surface area contributed by atoms with Crippen LogP contribution < -0.4 is 4.72 Å². The average Bonchev–Trinajstić information content (AvgIpc) is 2.55. The Balaban J connectivity index is 2.19. The van der Waals surface area contributed by atoms with Gasteiger partial charge in [0.25, 0.3) is 0 Å². The van der Waals surface area contributed by atoms with Crippen molar-refractivity contribution in [2.75, 3.05) is 0 Å². The summed E-state index contributed by atoms with van der Waals surface area (Å²) >= 11 is 0. The van der Waals surface area contributed by atoms with Gasteiger partial charge >= 0.3 is 0 Å². The fraction of sp³-hybridized carbons (Fsp3) is 0.368. The van der Waals surface area contributed by atoms with Crippen molar-refractivity contribution >= 4 is 11.0 Å². The second-order valence-corrected chi connectivity index (χ2v) is 8.62. The summed E-state index contributed by atoms with van der Waals surface area (Å²) in [6.07, 6.45) is -0.138. The molecule has 0 saturated carbocycles. The van der Waals surface area contributed by atoms with Crippen molar-refractivity contribution in [2.45, 2.75) is 44.1 Å². The van der Waals surface area contributed by atoms with Gasteiger partial charge in [-0.1, -0.05) is 60.7 Å². The molecule has 0 saturated heterocycles. The lowest BCUT2D eigenvalue weighted by atomic mass is 9.97. The van der Waals surface area contributed by atoms with Crippen molar-refractivity contribution in [3.8, 4) is 0 Å². The van der Waals surface area contributed by atoms with E-state index in [2.05, 4.69) is 4.72 Å². The van der Waals surface area contributed by atoms with Crippen LogP contribution in [0.2, 0.25) is 0 Å². The first-order valence-corrected chi connectivity index (χ1v) is 8.99. The maximum atomic E-state index is 12.5. The summed E-state index contributed by atoms with van der Waals surface area (Å²) in [5.74, 6) is 0. The molecule has 0 aliphatic rings. The molecule has 0 aliphatic heterocycles. The average molecular weight is 331 g/mol. The predicted molar refractivity (Wildman–Crippen MR) is 96.2 cm³/mol. The third-order valence-corrected chi connectivity index (χ3v) is 5.26. The summed E-state index contributed by atoms with van der Waals surface area (Å²) in [7, 11) is -1.20. The number of benzene rings is 2. The van der Waals surface area contributed by atoms with Crippen molar-refractivity contribution < 1.29 is 9.32 Å². The van der Waals surface area contributed by atoms with Crippen LogP contribution in [0.3, 0.4) is 0 Å². The van der Waals surface area contributed by atoms with Crippen molar-refractivity contribution in [1.82, 2.24) is 4.72 Å². The molecule has 23 heavy (non-hydrogen) atoms. The largest absolute Gasteiger partial charge is 0.388 e. The standard InChI is InChI=1S/C19H25NO2S/c1-19(2,3)23(22)20-17(15-10-6-4-7-11-15)14-18(21)16-12-8-5-9-13-16/h4-13,17-18,20-21H,14H2,1-3H3/t17-,18+,23-/m1/s1. The smallest absolute Gasteiger partial charge is 0.0975 e. The van der Waals surface area contributed by atoms with E-state index in [1.54, 1.807) is 0 Å². The van der Waals surface area contributed by atoms with Crippen LogP contribution in [-0.2, 0) is 11.0 Å². The number of aliphatic hydroxyl groups is 1. The highest BCUT2D eigenvalue weighted by Crippen LogP contribution is 2.27. The number of hydrogen-bond donors (Lipinski definition) is 2. The van der Waals surface area contributed by atoms with Crippen LogP contribution in [0, 0.1) is 0 Å². The Labute approximate surface area is 141 Å². The molecule has 2 rings (SSSR count). The Kier molecular flexibility index (Phi) is 6.10. The molecule has 2 N–H and O–H groups in total. The maximum Gasteiger partial charge on any atom is 0.0975 e. The molecular formula is C19H25NO2S. The van der Waals surface area contributed by atoms with Gasteiger partial charge in [-0.25, -0.2) is 8.93 Å². The van der Waals surface area contributed by atoms with E-state index in [1.807, 2.05) is 81.4 Å². The molecule has 0 fully saturated rings. The zero-order chi connectivity index (χ0) is 16.9. The lowest BCUT2D eigenvalue weighted by Crippen LogP contribution is -2.36. The molecule has 0 unspecified atom stereocenters. The molecule has 3 nitrogen and oxygen atoms in total. The topological polar surface area (TPSA) is 49.3 Å². The highest BCUT2D eigenvalue weighted by Gasteiger charge is 2.25. The van der Waals surface area contributed by atoms with Gasteiger partial charge in [-0.15, -0.1) is 0 Å². The van der Waals surface area contributed by atoms with Crippen LogP contribution in [0.4, 0.5) is 0 Å². The van der Waals surface area contributed by atoms with E-state index in [1.165, 1.54) is 0 Å². The number of aliphatic hydroxyl groups excluding tert-OH is 1. The van der Waals surface area contributed by atoms with E-state index in [9.17, 15) is 9.32 Å². The Morgan fingerprint density at radius 2 is 1.43 bits per heavy atom. The van der Waals surface area contributed by atoms with Crippen LogP contribution >= 0.6 is 0 Å². The fourth-order valence-electron chi connectivity index (χ4n) is 2.28. The second-order valence-electron chi connectivity index (χ2n) is 6.62. The van der Waals surface area contributed by atoms with Gasteiger partial charge in [-0.3, -0.25) is 0 Å². The van der Waals surface area contributed by atoms with E-state index in [4.69, 9.17) is 0 Å². The molecule has 124 valence electrons. The van der Waals surface area contributed by atoms with Gasteiger partial charge in [-0.2, -0.15) is 0 Å². The first-order valence-electron chi connectivity index (χ1n) is 7.84. The van der Waals surface area contributed by atoms with Gasteiger partial charge in [0, 0.05) is 6.04 Å². The van der Waals surface area contributed by atoms with Crippen molar-refractivity contribution in [3.63, 3.8) is 0 Å². The van der Waals surface area contributed by atoms with Crippen LogP contribution in [0.15, 0.2) is 60.7 Å². The SMILES string of the molecule is CC(C)(C)[S@@](=O)N[C@H](C[C@H](O)c1ccccc1)c1ccccc1. The Hall–Kier alpha value is -1.49. The van der Waals surface area contributed by atoms with E-state index < -0.39 is 17.1 Å². The number of hydrogen-bond acceptors (Lipinski definition) is 2. The molecular weight excluding hydrogens is 306 g/mol. The zero-order valence-corrected chi connectivity index (χ0v) is 14.7. The summed E-state index contributed by atoms with van der Waals surface area (Å²) in [5, 5.41) is 10.5. The highest BCUT2D eigenvalue weighted by molar-refractivity contribution is 7.84. The minimum atomic E-state index is -1.20. The summed E-state index contributed by atoms with van der Waals surface area (Å²) < 4.78 is 15.3. The monoisotopic (exact) mass is 331 g/mol. The van der Waals surface area contributed by atoms with Gasteiger partial charge in [-0.05, 0) is 38.3 Å². The van der Waals surface area contributed by atoms with E-state index in [0.29, 0.717) is 6.42 Å². The Morgan fingerprint density at radius 1 is 0.957 bits per heavy atom. The summed E-state index contributed by atoms with van der Waals surface area (Å²) in [4.78, 5) is 0. The Morgan fingerprint density at radius 3 is 1.91 bits per heavy atom. The third kappa shape index (κ3) is 5.27. The number of nitrogens with one attached hydrogen (secondary N) is 1. The summed E-state index contributed by atoms with van der Waals surface area (Å²) in [6, 6.07) is 19.3. The normalized spacial score (nSPS) is 15.8. The minimum absolute atomic E-state index is 0.175. The third-order valence-electron chi connectivity index (χ3n) is 3.65. The zero-order valence-electron chi connectivity index (χ0n) is 13.9. The van der Waals surface area contributed by atoms with Crippen LogP contribution in [0.5, 0.6) is 0 Å². The molecule has 0 aliphatic carbocycles. The lowest BCUT2D eigenvalue weighted by Gasteiger charge is -2.26. The van der Waals surface area contributed by atoms with Crippen LogP contribution in [0.1, 0.15) is 50.5 Å². The molecule has 0 spiro atoms. The molecule has 3 atom stereocenters. The fourth-order valence-corrected chi connectivity index (χ4v) is 3.12. The molecule has 0 bridgehead atoms. The molecule has 2 aromatic carbocycles. The van der Waals surface area contributed by atoms with Crippen molar-refractivity contribution in [1.29, 1.82) is 0 Å².